The van der Waals surface area contributed by atoms with Gasteiger partial charge in [-0.05, 0) is 61.0 Å². The van der Waals surface area contributed by atoms with E-state index in [0.29, 0.717) is 13.2 Å². The number of benzene rings is 1. The molecule has 7 heteroatoms. The highest BCUT2D eigenvalue weighted by atomic mass is 16.5. The van der Waals surface area contributed by atoms with Crippen molar-refractivity contribution in [3.05, 3.63) is 77.3 Å². The van der Waals surface area contributed by atoms with Gasteiger partial charge in [-0.15, -0.1) is 0 Å². The lowest BCUT2D eigenvalue weighted by Gasteiger charge is -2.33. The van der Waals surface area contributed by atoms with Crippen molar-refractivity contribution in [2.45, 2.75) is 13.0 Å². The molecule has 1 atom stereocenters. The maximum Gasteiger partial charge on any atom is 0.130 e. The minimum absolute atomic E-state index is 0.0533. The molecule has 1 aromatic carbocycles. The fourth-order valence-corrected chi connectivity index (χ4v) is 4.16. The van der Waals surface area contributed by atoms with Gasteiger partial charge in [-0.2, -0.15) is 0 Å². The lowest BCUT2D eigenvalue weighted by Crippen LogP contribution is -2.40. The fraction of sp³-hybridized carbons (Fsp3) is 0.308. The highest BCUT2D eigenvalue weighted by Crippen LogP contribution is 2.31. The molecule has 0 radical (unpaired) electrons. The van der Waals surface area contributed by atoms with Crippen LogP contribution in [0.2, 0.25) is 0 Å². The van der Waals surface area contributed by atoms with E-state index in [1.807, 2.05) is 61.7 Å². The number of fused-ring (bicyclic) bond motifs is 1. The Hall–Kier alpha value is -3.42. The molecule has 0 bridgehead atoms. The van der Waals surface area contributed by atoms with E-state index in [0.717, 1.165) is 59.6 Å². The number of anilines is 2. The van der Waals surface area contributed by atoms with Gasteiger partial charge in [0.1, 0.15) is 30.0 Å². The molecule has 33 heavy (non-hydrogen) atoms. The van der Waals surface area contributed by atoms with Crippen LogP contribution in [-0.2, 0) is 4.74 Å². The number of hydrogen-bond acceptors (Lipinski definition) is 7. The highest BCUT2D eigenvalue weighted by molar-refractivity contribution is 5.64. The summed E-state index contributed by atoms with van der Waals surface area (Å²) in [4.78, 5) is 11.5. The van der Waals surface area contributed by atoms with Crippen molar-refractivity contribution < 1.29 is 14.2 Å². The first-order chi connectivity index (χ1) is 16.2. The summed E-state index contributed by atoms with van der Waals surface area (Å²) in [5, 5.41) is 3.30. The van der Waals surface area contributed by atoms with Gasteiger partial charge in [-0.1, -0.05) is 6.07 Å². The number of methoxy groups -OCH3 is 1. The molecule has 0 unspecified atom stereocenters. The molecule has 2 aliphatic heterocycles. The van der Waals surface area contributed by atoms with Crippen molar-refractivity contribution in [2.24, 2.45) is 0 Å². The predicted molar refractivity (Wildman–Crippen MR) is 128 cm³/mol. The number of nitrogens with zero attached hydrogens (tertiary/aromatic N) is 3. The maximum atomic E-state index is 6.04. The van der Waals surface area contributed by atoms with E-state index in [1.165, 1.54) is 5.57 Å². The van der Waals surface area contributed by atoms with Crippen LogP contribution in [0.1, 0.15) is 23.1 Å². The zero-order valence-electron chi connectivity index (χ0n) is 19.0. The summed E-state index contributed by atoms with van der Waals surface area (Å²) >= 11 is 0. The first-order valence-electron chi connectivity index (χ1n) is 11.2. The Balaban J connectivity index is 1.22. The Morgan fingerprint density at radius 3 is 2.94 bits per heavy atom. The van der Waals surface area contributed by atoms with Gasteiger partial charge < -0.3 is 19.5 Å². The molecule has 0 amide bonds. The van der Waals surface area contributed by atoms with Crippen molar-refractivity contribution >= 4 is 17.6 Å². The third-order valence-corrected chi connectivity index (χ3v) is 5.84. The van der Waals surface area contributed by atoms with Crippen LogP contribution >= 0.6 is 0 Å². The van der Waals surface area contributed by atoms with E-state index in [-0.39, 0.29) is 6.10 Å². The molecule has 7 nitrogen and oxygen atoms in total. The largest absolute Gasteiger partial charge is 0.497 e. The van der Waals surface area contributed by atoms with Crippen LogP contribution in [0.5, 0.6) is 11.5 Å². The molecule has 2 aliphatic rings. The van der Waals surface area contributed by atoms with E-state index >= 15 is 0 Å². The zero-order valence-corrected chi connectivity index (χ0v) is 19.0. The second-order valence-corrected chi connectivity index (χ2v) is 8.35. The average Bonchev–Trinajstić information content (AvgIpc) is 2.84. The Bertz CT molecular complexity index is 1150. The normalized spacial score (nSPS) is 18.1. The summed E-state index contributed by atoms with van der Waals surface area (Å²) in [7, 11) is 1.68. The average molecular weight is 445 g/mol. The topological polar surface area (TPSA) is 68.7 Å². The third-order valence-electron chi connectivity index (χ3n) is 5.84. The minimum atomic E-state index is -0.0533. The summed E-state index contributed by atoms with van der Waals surface area (Å²) in [5.74, 6) is 2.55. The third kappa shape index (κ3) is 5.16. The second-order valence-electron chi connectivity index (χ2n) is 8.35. The molecule has 0 saturated carbocycles. The first-order valence-corrected chi connectivity index (χ1v) is 11.2. The quantitative estimate of drug-likeness (QED) is 0.605. The van der Waals surface area contributed by atoms with Crippen molar-refractivity contribution in [3.63, 3.8) is 0 Å². The van der Waals surface area contributed by atoms with Crippen LogP contribution in [-0.4, -0.2) is 54.8 Å². The molecule has 1 fully saturated rings. The summed E-state index contributed by atoms with van der Waals surface area (Å²) in [6.45, 7) is 5.78. The standard InChI is InChI=1S/C26H28N4O3/c1-18-4-3-5-26(28-18)29-21-6-8-23(27-14-21)25-16-30(10-11-32-25)15-19-12-20-13-22(31-2)7-9-24(20)33-17-19/h3-9,12-14,25H,10-11,15-17H2,1-2H3,(H,28,29)/t25-/m1/s1. The lowest BCUT2D eigenvalue weighted by molar-refractivity contribution is -0.0294. The maximum absolute atomic E-state index is 6.04. The number of aryl methyl sites for hydroxylation is 1. The van der Waals surface area contributed by atoms with Crippen LogP contribution in [0.3, 0.4) is 0 Å². The zero-order chi connectivity index (χ0) is 22.6. The summed E-state index contributed by atoms with van der Waals surface area (Å²) in [5.41, 5.74) is 5.12. The lowest BCUT2D eigenvalue weighted by atomic mass is 10.1. The summed E-state index contributed by atoms with van der Waals surface area (Å²) in [6, 6.07) is 15.9. The van der Waals surface area contributed by atoms with Gasteiger partial charge >= 0.3 is 0 Å². The Morgan fingerprint density at radius 1 is 1.18 bits per heavy atom. The number of aromatic nitrogens is 2. The van der Waals surface area contributed by atoms with Crippen molar-refractivity contribution in [2.75, 3.05) is 45.3 Å². The molecular formula is C26H28N4O3. The minimum Gasteiger partial charge on any atom is -0.497 e. The Morgan fingerprint density at radius 2 is 2.12 bits per heavy atom. The molecule has 1 saturated heterocycles. The smallest absolute Gasteiger partial charge is 0.130 e. The van der Waals surface area contributed by atoms with Gasteiger partial charge in [0, 0.05) is 30.9 Å². The fourth-order valence-electron chi connectivity index (χ4n) is 4.16. The summed E-state index contributed by atoms with van der Waals surface area (Å²) < 4.78 is 17.3. The number of hydrogen-bond donors (Lipinski definition) is 1. The van der Waals surface area contributed by atoms with Crippen molar-refractivity contribution in [3.8, 4) is 11.5 Å². The molecule has 0 aliphatic carbocycles. The van der Waals surface area contributed by atoms with Crippen LogP contribution in [0.15, 0.2) is 60.3 Å². The van der Waals surface area contributed by atoms with Gasteiger partial charge in [0.15, 0.2) is 0 Å². The first kappa shape index (κ1) is 21.4. The van der Waals surface area contributed by atoms with Gasteiger partial charge in [0.05, 0.1) is 31.3 Å². The van der Waals surface area contributed by atoms with E-state index < -0.39 is 0 Å². The number of morpholine rings is 1. The van der Waals surface area contributed by atoms with E-state index in [4.69, 9.17) is 14.2 Å². The predicted octanol–water partition coefficient (Wildman–Crippen LogP) is 4.39. The van der Waals surface area contributed by atoms with Crippen LogP contribution in [0.25, 0.3) is 6.08 Å². The van der Waals surface area contributed by atoms with Crippen LogP contribution in [0, 0.1) is 6.92 Å². The Labute approximate surface area is 194 Å². The second kappa shape index (κ2) is 9.60. The van der Waals surface area contributed by atoms with Gasteiger partial charge in [0.2, 0.25) is 0 Å². The SMILES string of the molecule is COc1ccc2c(c1)C=C(CN1CCO[C@@H](c3ccc(Nc4cccc(C)n4)cn3)C1)CO2. The highest BCUT2D eigenvalue weighted by Gasteiger charge is 2.24. The van der Waals surface area contributed by atoms with E-state index in [9.17, 15) is 0 Å². The molecule has 1 N–H and O–H groups in total. The molecule has 4 heterocycles. The molecular weight excluding hydrogens is 416 g/mol. The van der Waals surface area contributed by atoms with Crippen LogP contribution < -0.4 is 14.8 Å². The monoisotopic (exact) mass is 444 g/mol. The van der Waals surface area contributed by atoms with Gasteiger partial charge in [-0.3, -0.25) is 9.88 Å². The van der Waals surface area contributed by atoms with Gasteiger partial charge in [0.25, 0.3) is 0 Å². The molecule has 0 spiro atoms. The number of pyridine rings is 2. The number of rotatable bonds is 6. The number of ether oxygens (including phenoxy) is 3. The molecule has 170 valence electrons. The van der Waals surface area contributed by atoms with E-state index in [2.05, 4.69) is 26.3 Å². The van der Waals surface area contributed by atoms with Crippen molar-refractivity contribution in [1.29, 1.82) is 0 Å². The van der Waals surface area contributed by atoms with E-state index in [1.54, 1.807) is 7.11 Å². The molecule has 5 rings (SSSR count). The van der Waals surface area contributed by atoms with Gasteiger partial charge in [-0.25, -0.2) is 4.98 Å². The molecule has 3 aromatic rings. The summed E-state index contributed by atoms with van der Waals surface area (Å²) in [6.07, 6.45) is 4.00. The van der Waals surface area contributed by atoms with Crippen LogP contribution in [0.4, 0.5) is 11.5 Å². The number of nitrogens with one attached hydrogen (secondary N) is 1. The Kier molecular flexibility index (Phi) is 6.24. The van der Waals surface area contributed by atoms with Crippen molar-refractivity contribution in [1.82, 2.24) is 14.9 Å². The molecule has 2 aromatic heterocycles.